The molecule has 0 aromatic heterocycles. The van der Waals surface area contributed by atoms with E-state index in [2.05, 4.69) is 21.7 Å². The van der Waals surface area contributed by atoms with Gasteiger partial charge < -0.3 is 14.2 Å². The molecule has 1 aromatic rings. The molecule has 0 spiro atoms. The van der Waals surface area contributed by atoms with Crippen molar-refractivity contribution < 1.29 is 38.6 Å². The number of benzene rings is 1. The van der Waals surface area contributed by atoms with E-state index in [-0.39, 0.29) is 18.3 Å². The van der Waals surface area contributed by atoms with Gasteiger partial charge in [0.15, 0.2) is 0 Å². The number of rotatable bonds is 13. The first-order valence-electron chi connectivity index (χ1n) is 9.04. The van der Waals surface area contributed by atoms with Crippen molar-refractivity contribution in [2.24, 2.45) is 0 Å². The highest BCUT2D eigenvalue weighted by Gasteiger charge is 2.12. The van der Waals surface area contributed by atoms with Gasteiger partial charge in [-0.15, -0.1) is 0 Å². The average Bonchev–Trinajstić information content (AvgIpc) is 2.68. The summed E-state index contributed by atoms with van der Waals surface area (Å²) >= 11 is 0. The van der Waals surface area contributed by atoms with Crippen molar-refractivity contribution in [1.29, 1.82) is 0 Å². The SMILES string of the molecule is CCCCCCOc1ccc(C(=O)OOOC(=O)OCCC(C)OC)cc1. The Morgan fingerprint density at radius 1 is 1.00 bits per heavy atom. The molecule has 0 amide bonds. The number of unbranched alkanes of at least 4 members (excludes halogenated alkanes) is 3. The lowest BCUT2D eigenvalue weighted by molar-refractivity contribution is -0.452. The summed E-state index contributed by atoms with van der Waals surface area (Å²) in [5, 5.41) is 4.14. The molecule has 8 nitrogen and oxygen atoms in total. The number of ether oxygens (including phenoxy) is 3. The molecule has 0 aliphatic heterocycles. The number of carbonyl (C=O) groups excluding carboxylic acids is 2. The quantitative estimate of drug-likeness (QED) is 0.216. The molecule has 0 heterocycles. The highest BCUT2D eigenvalue weighted by Crippen LogP contribution is 2.14. The van der Waals surface area contributed by atoms with Gasteiger partial charge in [0, 0.05) is 13.5 Å². The molecule has 1 rings (SSSR count). The Hall–Kier alpha value is -2.32. The Morgan fingerprint density at radius 2 is 1.74 bits per heavy atom. The molecule has 0 N–H and O–H groups in total. The first-order chi connectivity index (χ1) is 13.1. The molecule has 0 fully saturated rings. The van der Waals surface area contributed by atoms with E-state index in [1.165, 1.54) is 25.0 Å². The maximum Gasteiger partial charge on any atom is 0.543 e. The van der Waals surface area contributed by atoms with Crippen LogP contribution in [0.15, 0.2) is 24.3 Å². The van der Waals surface area contributed by atoms with Crippen LogP contribution in [-0.2, 0) is 24.3 Å². The minimum atomic E-state index is -1.11. The Morgan fingerprint density at radius 3 is 2.41 bits per heavy atom. The maximum absolute atomic E-state index is 11.8. The first kappa shape index (κ1) is 22.7. The topological polar surface area (TPSA) is 89.5 Å². The summed E-state index contributed by atoms with van der Waals surface area (Å²) < 4.78 is 15.3. The van der Waals surface area contributed by atoms with Crippen LogP contribution >= 0.6 is 0 Å². The third-order valence-electron chi connectivity index (χ3n) is 3.72. The van der Waals surface area contributed by atoms with Crippen LogP contribution in [0.4, 0.5) is 4.79 Å². The molecular formula is C19H28O8. The van der Waals surface area contributed by atoms with E-state index in [1.807, 2.05) is 6.92 Å². The average molecular weight is 384 g/mol. The molecule has 152 valence electrons. The van der Waals surface area contributed by atoms with E-state index in [0.29, 0.717) is 18.8 Å². The number of hydrogen-bond donors (Lipinski definition) is 0. The van der Waals surface area contributed by atoms with Crippen molar-refractivity contribution in [2.75, 3.05) is 20.3 Å². The van der Waals surface area contributed by atoms with Crippen molar-refractivity contribution in [1.82, 2.24) is 0 Å². The molecule has 1 aromatic carbocycles. The van der Waals surface area contributed by atoms with Gasteiger partial charge in [-0.3, -0.25) is 4.89 Å². The Balaban J connectivity index is 2.21. The standard InChI is InChI=1S/C19H28O8/c1-4-5-6-7-13-23-17-10-8-16(9-11-17)18(20)25-27-26-19(21)24-14-12-15(2)22-3/h8-11,15H,4-7,12-14H2,1-3H3. The van der Waals surface area contributed by atoms with Crippen LogP contribution in [0.5, 0.6) is 5.75 Å². The Bertz CT molecular complexity index is 543. The van der Waals surface area contributed by atoms with Gasteiger partial charge in [-0.1, -0.05) is 26.2 Å². The van der Waals surface area contributed by atoms with Crippen molar-refractivity contribution in [3.63, 3.8) is 0 Å². The highest BCUT2D eigenvalue weighted by molar-refractivity contribution is 5.89. The zero-order chi connectivity index (χ0) is 19.9. The molecule has 1 atom stereocenters. The van der Waals surface area contributed by atoms with E-state index >= 15 is 0 Å². The normalized spacial score (nSPS) is 11.5. The summed E-state index contributed by atoms with van der Waals surface area (Å²) in [5.74, 6) is -0.153. The third kappa shape index (κ3) is 10.4. The zero-order valence-electron chi connectivity index (χ0n) is 16.1. The fourth-order valence-electron chi connectivity index (χ4n) is 1.98. The summed E-state index contributed by atoms with van der Waals surface area (Å²) in [7, 11) is 1.55. The lowest BCUT2D eigenvalue weighted by Gasteiger charge is -2.08. The zero-order valence-corrected chi connectivity index (χ0v) is 16.1. The molecular weight excluding hydrogens is 356 g/mol. The van der Waals surface area contributed by atoms with Gasteiger partial charge >= 0.3 is 12.1 Å². The third-order valence-corrected chi connectivity index (χ3v) is 3.72. The maximum atomic E-state index is 11.8. The molecule has 0 saturated carbocycles. The number of hydrogen-bond acceptors (Lipinski definition) is 8. The minimum absolute atomic E-state index is 0.0557. The summed E-state index contributed by atoms with van der Waals surface area (Å²) in [6.45, 7) is 4.70. The van der Waals surface area contributed by atoms with Crippen molar-refractivity contribution in [3.8, 4) is 5.75 Å². The molecule has 1 unspecified atom stereocenters. The smallest absolute Gasteiger partial charge is 0.494 e. The van der Waals surface area contributed by atoms with Crippen LogP contribution in [0.2, 0.25) is 0 Å². The van der Waals surface area contributed by atoms with Gasteiger partial charge in [0.2, 0.25) is 0 Å². The lowest BCUT2D eigenvalue weighted by Crippen LogP contribution is -2.15. The summed E-state index contributed by atoms with van der Waals surface area (Å²) in [6, 6.07) is 6.36. The van der Waals surface area contributed by atoms with Crippen molar-refractivity contribution in [3.05, 3.63) is 29.8 Å². The van der Waals surface area contributed by atoms with Gasteiger partial charge in [0.05, 0.1) is 29.9 Å². The van der Waals surface area contributed by atoms with E-state index < -0.39 is 12.1 Å². The fraction of sp³-hybridized carbons (Fsp3) is 0.579. The first-order valence-corrected chi connectivity index (χ1v) is 9.04. The lowest BCUT2D eigenvalue weighted by atomic mass is 10.2. The molecule has 0 saturated heterocycles. The second kappa shape index (κ2) is 13.8. The number of methoxy groups -OCH3 is 1. The van der Waals surface area contributed by atoms with E-state index in [1.54, 1.807) is 19.2 Å². The van der Waals surface area contributed by atoms with E-state index in [4.69, 9.17) is 14.2 Å². The van der Waals surface area contributed by atoms with Gasteiger partial charge in [-0.2, -0.15) is 0 Å². The van der Waals surface area contributed by atoms with Gasteiger partial charge in [-0.25, -0.2) is 14.5 Å². The van der Waals surface area contributed by atoms with Crippen molar-refractivity contribution >= 4 is 12.1 Å². The molecule has 0 bridgehead atoms. The van der Waals surface area contributed by atoms with Gasteiger partial charge in [0.25, 0.3) is 0 Å². The Labute approximate surface area is 159 Å². The molecule has 0 aliphatic rings. The predicted molar refractivity (Wildman–Crippen MR) is 96.1 cm³/mol. The molecule has 8 heteroatoms. The van der Waals surface area contributed by atoms with Gasteiger partial charge in [0.1, 0.15) is 5.75 Å². The van der Waals surface area contributed by atoms with E-state index in [0.717, 1.165) is 12.8 Å². The monoisotopic (exact) mass is 384 g/mol. The fourth-order valence-corrected chi connectivity index (χ4v) is 1.98. The largest absolute Gasteiger partial charge is 0.543 e. The van der Waals surface area contributed by atoms with Crippen LogP contribution in [0.1, 0.15) is 56.3 Å². The minimum Gasteiger partial charge on any atom is -0.494 e. The van der Waals surface area contributed by atoms with Crippen LogP contribution in [0.3, 0.4) is 0 Å². The highest BCUT2D eigenvalue weighted by atomic mass is 17.5. The molecule has 0 aliphatic carbocycles. The van der Waals surface area contributed by atoms with Crippen LogP contribution in [-0.4, -0.2) is 38.6 Å². The second-order valence-electron chi connectivity index (χ2n) is 5.89. The molecule has 0 radical (unpaired) electrons. The Kier molecular flexibility index (Phi) is 11.6. The van der Waals surface area contributed by atoms with Crippen LogP contribution in [0, 0.1) is 0 Å². The summed E-state index contributed by atoms with van der Waals surface area (Å²) in [6.07, 6.45) is 3.81. The van der Waals surface area contributed by atoms with Crippen molar-refractivity contribution in [2.45, 2.75) is 52.1 Å². The van der Waals surface area contributed by atoms with E-state index in [9.17, 15) is 9.59 Å². The summed E-state index contributed by atoms with van der Waals surface area (Å²) in [5.41, 5.74) is 0.221. The van der Waals surface area contributed by atoms with Gasteiger partial charge in [-0.05, 0) is 37.6 Å². The number of carbonyl (C=O) groups is 2. The second-order valence-corrected chi connectivity index (χ2v) is 5.89. The predicted octanol–water partition coefficient (Wildman–Crippen LogP) is 4.23. The van der Waals surface area contributed by atoms with Crippen LogP contribution < -0.4 is 4.74 Å². The molecule has 27 heavy (non-hydrogen) atoms. The van der Waals surface area contributed by atoms with Crippen LogP contribution in [0.25, 0.3) is 0 Å². The summed E-state index contributed by atoms with van der Waals surface area (Å²) in [4.78, 5) is 31.6.